The van der Waals surface area contributed by atoms with E-state index >= 15 is 0 Å². The van der Waals surface area contributed by atoms with E-state index in [1.54, 1.807) is 6.92 Å². The van der Waals surface area contributed by atoms with Gasteiger partial charge in [0.15, 0.2) is 0 Å². The zero-order chi connectivity index (χ0) is 14.8. The first-order chi connectivity index (χ1) is 8.12. The second kappa shape index (κ2) is 9.37. The molecule has 104 valence electrons. The van der Waals surface area contributed by atoms with Crippen LogP contribution in [0.1, 0.15) is 6.92 Å². The molecule has 0 fully saturated rings. The molecular formula is C10H18N2O5S. The highest BCUT2D eigenvalue weighted by molar-refractivity contribution is 7.85. The van der Waals surface area contributed by atoms with Crippen LogP contribution < -0.4 is 11.1 Å². The fraction of sp³-hybridized carbons (Fsp3) is 0.400. The Morgan fingerprint density at radius 1 is 1.39 bits per heavy atom. The highest BCUT2D eigenvalue weighted by atomic mass is 32.2. The van der Waals surface area contributed by atoms with Crippen LogP contribution in [-0.2, 0) is 19.7 Å². The summed E-state index contributed by atoms with van der Waals surface area (Å²) in [5, 5.41) is 2.42. The second-order valence-electron chi connectivity index (χ2n) is 3.41. The molecule has 0 saturated carbocycles. The SMILES string of the molecule is C=CC(=O)NCC(C)CS(=O)(=O)O.C=CC(N)=O. The predicted octanol–water partition coefficient (Wildman–Crippen LogP) is -0.530. The molecule has 0 saturated heterocycles. The third-order valence-corrected chi connectivity index (χ3v) is 2.50. The van der Waals surface area contributed by atoms with Gasteiger partial charge in [-0.25, -0.2) is 0 Å². The number of hydrogen-bond donors (Lipinski definition) is 3. The molecule has 0 bridgehead atoms. The summed E-state index contributed by atoms with van der Waals surface area (Å²) in [5.74, 6) is -1.52. The highest BCUT2D eigenvalue weighted by Crippen LogP contribution is 1.97. The maximum atomic E-state index is 10.6. The van der Waals surface area contributed by atoms with Gasteiger partial charge in [0.05, 0.1) is 5.75 Å². The molecule has 0 aromatic carbocycles. The molecule has 0 radical (unpaired) electrons. The van der Waals surface area contributed by atoms with Crippen molar-refractivity contribution >= 4 is 21.9 Å². The Labute approximate surface area is 106 Å². The van der Waals surface area contributed by atoms with Gasteiger partial charge in [0, 0.05) is 6.54 Å². The number of primary amides is 1. The van der Waals surface area contributed by atoms with Gasteiger partial charge in [-0.05, 0) is 18.1 Å². The van der Waals surface area contributed by atoms with Crippen molar-refractivity contribution in [2.24, 2.45) is 11.7 Å². The van der Waals surface area contributed by atoms with Gasteiger partial charge in [-0.1, -0.05) is 20.1 Å². The lowest BCUT2D eigenvalue weighted by molar-refractivity contribution is -0.116. The minimum absolute atomic E-state index is 0.199. The van der Waals surface area contributed by atoms with E-state index in [0.717, 1.165) is 12.2 Å². The number of nitrogens with one attached hydrogen (secondary N) is 1. The summed E-state index contributed by atoms with van der Waals surface area (Å²) >= 11 is 0. The van der Waals surface area contributed by atoms with Gasteiger partial charge in [-0.3, -0.25) is 14.1 Å². The smallest absolute Gasteiger partial charge is 0.265 e. The summed E-state index contributed by atoms with van der Waals surface area (Å²) in [7, 11) is -3.96. The van der Waals surface area contributed by atoms with Gasteiger partial charge in [0.2, 0.25) is 11.8 Å². The molecule has 0 heterocycles. The summed E-state index contributed by atoms with van der Waals surface area (Å²) in [5.41, 5.74) is 4.53. The molecule has 2 amide bonds. The van der Waals surface area contributed by atoms with Crippen molar-refractivity contribution < 1.29 is 22.6 Å². The maximum absolute atomic E-state index is 10.6. The number of amides is 2. The number of hydrogen-bond acceptors (Lipinski definition) is 4. The maximum Gasteiger partial charge on any atom is 0.265 e. The fourth-order valence-electron chi connectivity index (χ4n) is 0.765. The Kier molecular flexibility index (Phi) is 9.73. The Hall–Kier alpha value is -1.67. The molecule has 0 aliphatic rings. The average Bonchev–Trinajstić information content (AvgIpc) is 2.24. The summed E-state index contributed by atoms with van der Waals surface area (Å²) in [6.45, 7) is 8.13. The number of carbonyl (C=O) groups excluding carboxylic acids is 2. The van der Waals surface area contributed by atoms with Crippen LogP contribution >= 0.6 is 0 Å². The van der Waals surface area contributed by atoms with E-state index in [2.05, 4.69) is 24.2 Å². The molecule has 0 aliphatic heterocycles. The first-order valence-corrected chi connectivity index (χ1v) is 6.50. The zero-order valence-corrected chi connectivity index (χ0v) is 10.9. The summed E-state index contributed by atoms with van der Waals surface area (Å²) in [6, 6.07) is 0. The van der Waals surface area contributed by atoms with Gasteiger partial charge in [-0.2, -0.15) is 8.42 Å². The van der Waals surface area contributed by atoms with Gasteiger partial charge in [0.1, 0.15) is 0 Å². The third-order valence-electron chi connectivity index (χ3n) is 1.51. The van der Waals surface area contributed by atoms with Crippen molar-refractivity contribution in [3.63, 3.8) is 0 Å². The van der Waals surface area contributed by atoms with Crippen LogP contribution in [0.4, 0.5) is 0 Å². The van der Waals surface area contributed by atoms with Crippen LogP contribution in [0.25, 0.3) is 0 Å². The molecular weight excluding hydrogens is 260 g/mol. The summed E-state index contributed by atoms with van der Waals surface area (Å²) in [4.78, 5) is 20.1. The monoisotopic (exact) mass is 278 g/mol. The zero-order valence-electron chi connectivity index (χ0n) is 10.1. The van der Waals surface area contributed by atoms with E-state index < -0.39 is 16.0 Å². The second-order valence-corrected chi connectivity index (χ2v) is 4.91. The van der Waals surface area contributed by atoms with Crippen molar-refractivity contribution in [3.8, 4) is 0 Å². The van der Waals surface area contributed by atoms with Gasteiger partial charge in [-0.15, -0.1) is 0 Å². The molecule has 0 aliphatic carbocycles. The molecule has 4 N–H and O–H groups in total. The van der Waals surface area contributed by atoms with Crippen LogP contribution in [0.5, 0.6) is 0 Å². The first kappa shape index (κ1) is 18.7. The summed E-state index contributed by atoms with van der Waals surface area (Å²) in [6.07, 6.45) is 2.15. The Balaban J connectivity index is 0. The standard InChI is InChI=1S/C7H13NO4S.C3H5NO/c1-3-7(9)8-4-6(2)5-13(10,11)12;1-2-3(4)5/h3,6H,1,4-5H2,2H3,(H,8,9)(H,10,11,12);2H,1H2,(H2,4,5). The molecule has 8 heteroatoms. The molecule has 7 nitrogen and oxygen atoms in total. The lowest BCUT2D eigenvalue weighted by Gasteiger charge is -2.08. The van der Waals surface area contributed by atoms with Crippen molar-refractivity contribution in [1.82, 2.24) is 5.32 Å². The van der Waals surface area contributed by atoms with Gasteiger partial charge < -0.3 is 11.1 Å². The largest absolute Gasteiger partial charge is 0.366 e. The lowest BCUT2D eigenvalue weighted by Crippen LogP contribution is -2.29. The van der Waals surface area contributed by atoms with Crippen LogP contribution in [0, 0.1) is 5.92 Å². The molecule has 0 spiro atoms. The quantitative estimate of drug-likeness (QED) is 0.444. The van der Waals surface area contributed by atoms with E-state index in [9.17, 15) is 18.0 Å². The van der Waals surface area contributed by atoms with Crippen molar-refractivity contribution in [2.75, 3.05) is 12.3 Å². The molecule has 0 rings (SSSR count). The molecule has 0 aromatic rings. The first-order valence-electron chi connectivity index (χ1n) is 4.89. The van der Waals surface area contributed by atoms with E-state index in [1.165, 1.54) is 0 Å². The normalized spacial score (nSPS) is 11.4. The fourth-order valence-corrected chi connectivity index (χ4v) is 1.60. The van der Waals surface area contributed by atoms with Gasteiger partial charge >= 0.3 is 0 Å². The minimum Gasteiger partial charge on any atom is -0.366 e. The third kappa shape index (κ3) is 16.7. The minimum atomic E-state index is -3.96. The van der Waals surface area contributed by atoms with Crippen LogP contribution in [0.2, 0.25) is 0 Å². The van der Waals surface area contributed by atoms with Crippen LogP contribution in [0.3, 0.4) is 0 Å². The van der Waals surface area contributed by atoms with Crippen molar-refractivity contribution in [2.45, 2.75) is 6.92 Å². The van der Waals surface area contributed by atoms with E-state index in [-0.39, 0.29) is 24.1 Å². The van der Waals surface area contributed by atoms with Crippen molar-refractivity contribution in [3.05, 3.63) is 25.3 Å². The predicted molar refractivity (Wildman–Crippen MR) is 68.2 cm³/mol. The average molecular weight is 278 g/mol. The topological polar surface area (TPSA) is 127 Å². The number of rotatable bonds is 6. The van der Waals surface area contributed by atoms with E-state index in [0.29, 0.717) is 0 Å². The number of nitrogens with two attached hydrogens (primary N) is 1. The van der Waals surface area contributed by atoms with Gasteiger partial charge in [0.25, 0.3) is 10.1 Å². The van der Waals surface area contributed by atoms with Crippen LogP contribution in [0.15, 0.2) is 25.3 Å². The van der Waals surface area contributed by atoms with E-state index in [4.69, 9.17) is 4.55 Å². The molecule has 0 aromatic heterocycles. The van der Waals surface area contributed by atoms with E-state index in [1.807, 2.05) is 0 Å². The molecule has 1 atom stereocenters. The Morgan fingerprint density at radius 3 is 2.11 bits per heavy atom. The molecule has 18 heavy (non-hydrogen) atoms. The Bertz CT molecular complexity index is 402. The molecule has 1 unspecified atom stereocenters. The number of carbonyl (C=O) groups is 2. The van der Waals surface area contributed by atoms with Crippen molar-refractivity contribution in [1.29, 1.82) is 0 Å². The van der Waals surface area contributed by atoms with Crippen LogP contribution in [-0.4, -0.2) is 37.1 Å². The lowest BCUT2D eigenvalue weighted by atomic mass is 10.2. The Morgan fingerprint density at radius 2 is 1.83 bits per heavy atom. The summed E-state index contributed by atoms with van der Waals surface area (Å²) < 4.78 is 29.2. The highest BCUT2D eigenvalue weighted by Gasteiger charge is 2.12.